The van der Waals surface area contributed by atoms with E-state index >= 15 is 0 Å². The number of hydrogen-bond acceptors (Lipinski definition) is 2. The van der Waals surface area contributed by atoms with Crippen molar-refractivity contribution in [2.45, 2.75) is 13.8 Å². The molecule has 0 aliphatic rings. The van der Waals surface area contributed by atoms with Crippen molar-refractivity contribution in [3.05, 3.63) is 23.5 Å². The molecule has 1 N–H and O–H groups in total. The van der Waals surface area contributed by atoms with Crippen molar-refractivity contribution in [1.82, 2.24) is 0 Å². The standard InChI is InChI=1S/C8H13NO/c1-7(5-9)4-8(2)6-10-3/h4-6,9H,1-3H3/b7-4-,8-6-,9-5?. The summed E-state index contributed by atoms with van der Waals surface area (Å²) in [5.74, 6) is 0. The number of rotatable bonds is 3. The lowest BCUT2D eigenvalue weighted by Crippen LogP contribution is -1.78. The summed E-state index contributed by atoms with van der Waals surface area (Å²) in [5, 5.41) is 6.87. The summed E-state index contributed by atoms with van der Waals surface area (Å²) in [7, 11) is 1.61. The Morgan fingerprint density at radius 3 is 2.30 bits per heavy atom. The first-order valence-corrected chi connectivity index (χ1v) is 3.09. The molecular weight excluding hydrogens is 126 g/mol. The Bertz CT molecular complexity index is 168. The predicted octanol–water partition coefficient (Wildman–Crippen LogP) is 2.13. The van der Waals surface area contributed by atoms with E-state index in [2.05, 4.69) is 0 Å². The van der Waals surface area contributed by atoms with Gasteiger partial charge < -0.3 is 10.1 Å². The van der Waals surface area contributed by atoms with E-state index < -0.39 is 0 Å². The number of methoxy groups -OCH3 is 1. The molecule has 0 heterocycles. The first-order chi connectivity index (χ1) is 4.70. The fourth-order valence-electron chi connectivity index (χ4n) is 0.621. The largest absolute Gasteiger partial charge is 0.504 e. The van der Waals surface area contributed by atoms with Gasteiger partial charge in [0.2, 0.25) is 0 Å². The van der Waals surface area contributed by atoms with E-state index in [0.29, 0.717) is 0 Å². The van der Waals surface area contributed by atoms with E-state index in [9.17, 15) is 0 Å². The molecule has 56 valence electrons. The molecule has 0 bridgehead atoms. The van der Waals surface area contributed by atoms with Crippen LogP contribution in [-0.4, -0.2) is 13.3 Å². The quantitative estimate of drug-likeness (QED) is 0.362. The number of ether oxygens (including phenoxy) is 1. The third-order valence-electron chi connectivity index (χ3n) is 0.987. The molecule has 0 aliphatic carbocycles. The van der Waals surface area contributed by atoms with Crippen molar-refractivity contribution in [3.8, 4) is 0 Å². The van der Waals surface area contributed by atoms with Crippen molar-refractivity contribution in [2.24, 2.45) is 0 Å². The Kier molecular flexibility index (Phi) is 4.29. The van der Waals surface area contributed by atoms with Crippen molar-refractivity contribution >= 4 is 6.21 Å². The Morgan fingerprint density at radius 1 is 1.30 bits per heavy atom. The van der Waals surface area contributed by atoms with Crippen molar-refractivity contribution < 1.29 is 4.74 Å². The van der Waals surface area contributed by atoms with Gasteiger partial charge >= 0.3 is 0 Å². The fourth-order valence-corrected chi connectivity index (χ4v) is 0.621. The van der Waals surface area contributed by atoms with Gasteiger partial charge in [-0.1, -0.05) is 6.08 Å². The molecule has 0 rings (SSSR count). The molecular formula is C8H13NO. The van der Waals surface area contributed by atoms with Crippen LogP contribution in [0.2, 0.25) is 0 Å². The highest BCUT2D eigenvalue weighted by Gasteiger charge is 1.83. The molecule has 0 saturated heterocycles. The average molecular weight is 139 g/mol. The summed E-state index contributed by atoms with van der Waals surface area (Å²) in [4.78, 5) is 0. The second kappa shape index (κ2) is 4.79. The van der Waals surface area contributed by atoms with E-state index in [0.717, 1.165) is 11.1 Å². The van der Waals surface area contributed by atoms with E-state index in [4.69, 9.17) is 10.1 Å². The third kappa shape index (κ3) is 3.89. The van der Waals surface area contributed by atoms with Crippen LogP contribution in [0.15, 0.2) is 23.5 Å². The van der Waals surface area contributed by atoms with Crippen LogP contribution in [0.5, 0.6) is 0 Å². The molecule has 0 fully saturated rings. The topological polar surface area (TPSA) is 33.1 Å². The van der Waals surface area contributed by atoms with Gasteiger partial charge in [0, 0.05) is 6.21 Å². The molecule has 0 aromatic rings. The molecule has 2 heteroatoms. The van der Waals surface area contributed by atoms with Crippen molar-refractivity contribution in [3.63, 3.8) is 0 Å². The molecule has 10 heavy (non-hydrogen) atoms. The number of hydrogen-bond donors (Lipinski definition) is 1. The summed E-state index contributed by atoms with van der Waals surface area (Å²) in [6.07, 6.45) is 4.84. The van der Waals surface area contributed by atoms with Crippen molar-refractivity contribution in [2.75, 3.05) is 7.11 Å². The number of allylic oxidation sites excluding steroid dienone is 3. The SMILES string of the molecule is CO/C=C(C)\C=C(\C)C=N. The van der Waals surface area contributed by atoms with Crippen LogP contribution in [0, 0.1) is 5.41 Å². The summed E-state index contributed by atoms with van der Waals surface area (Å²) < 4.78 is 4.77. The van der Waals surface area contributed by atoms with Crippen LogP contribution in [0.3, 0.4) is 0 Å². The molecule has 0 aromatic carbocycles. The van der Waals surface area contributed by atoms with Gasteiger partial charge in [0.25, 0.3) is 0 Å². The predicted molar refractivity (Wildman–Crippen MR) is 43.3 cm³/mol. The Labute approximate surface area is 61.7 Å². The van der Waals surface area contributed by atoms with E-state index in [1.54, 1.807) is 13.4 Å². The Balaban J connectivity index is 4.11. The van der Waals surface area contributed by atoms with Gasteiger partial charge in [-0.15, -0.1) is 0 Å². The molecule has 0 saturated carbocycles. The summed E-state index contributed by atoms with van der Waals surface area (Å²) in [5.41, 5.74) is 1.94. The zero-order chi connectivity index (χ0) is 7.98. The summed E-state index contributed by atoms with van der Waals surface area (Å²) >= 11 is 0. The minimum Gasteiger partial charge on any atom is -0.504 e. The lowest BCUT2D eigenvalue weighted by atomic mass is 10.2. The monoisotopic (exact) mass is 139 g/mol. The molecule has 0 aliphatic heterocycles. The van der Waals surface area contributed by atoms with Gasteiger partial charge in [0.05, 0.1) is 13.4 Å². The third-order valence-corrected chi connectivity index (χ3v) is 0.987. The average Bonchev–Trinajstić information content (AvgIpc) is 1.88. The Morgan fingerprint density at radius 2 is 1.90 bits per heavy atom. The zero-order valence-corrected chi connectivity index (χ0v) is 6.64. The van der Waals surface area contributed by atoms with Gasteiger partial charge in [-0.05, 0) is 25.0 Å². The lowest BCUT2D eigenvalue weighted by Gasteiger charge is -1.92. The highest BCUT2D eigenvalue weighted by atomic mass is 16.5. The normalized spacial score (nSPS) is 13.1. The second-order valence-corrected chi connectivity index (χ2v) is 2.13. The van der Waals surface area contributed by atoms with Crippen LogP contribution in [0.1, 0.15) is 13.8 Å². The molecule has 0 unspecified atom stereocenters. The van der Waals surface area contributed by atoms with E-state index in [1.165, 1.54) is 6.21 Å². The first-order valence-electron chi connectivity index (χ1n) is 3.09. The van der Waals surface area contributed by atoms with Gasteiger partial charge in [-0.25, -0.2) is 0 Å². The molecule has 0 amide bonds. The van der Waals surface area contributed by atoms with E-state index in [-0.39, 0.29) is 0 Å². The molecule has 0 atom stereocenters. The summed E-state index contributed by atoms with van der Waals surface area (Å²) in [6.45, 7) is 3.80. The highest BCUT2D eigenvalue weighted by Crippen LogP contribution is 1.98. The van der Waals surface area contributed by atoms with Crippen LogP contribution in [0.4, 0.5) is 0 Å². The van der Waals surface area contributed by atoms with Gasteiger partial charge in [0.15, 0.2) is 0 Å². The second-order valence-electron chi connectivity index (χ2n) is 2.13. The van der Waals surface area contributed by atoms with Crippen LogP contribution >= 0.6 is 0 Å². The molecule has 2 nitrogen and oxygen atoms in total. The lowest BCUT2D eigenvalue weighted by molar-refractivity contribution is 0.335. The minimum atomic E-state index is 0.922. The van der Waals surface area contributed by atoms with Crippen molar-refractivity contribution in [1.29, 1.82) is 5.41 Å². The maximum absolute atomic E-state index is 6.87. The van der Waals surface area contributed by atoms with Gasteiger partial charge in [0.1, 0.15) is 0 Å². The van der Waals surface area contributed by atoms with E-state index in [1.807, 2.05) is 19.9 Å². The first kappa shape index (κ1) is 8.95. The Hall–Kier alpha value is -1.05. The highest BCUT2D eigenvalue weighted by molar-refractivity contribution is 5.75. The molecule has 0 aromatic heterocycles. The maximum atomic E-state index is 6.87. The van der Waals surface area contributed by atoms with Crippen LogP contribution in [-0.2, 0) is 4.74 Å². The molecule has 0 radical (unpaired) electrons. The van der Waals surface area contributed by atoms with Gasteiger partial charge in [-0.2, -0.15) is 0 Å². The molecule has 0 spiro atoms. The van der Waals surface area contributed by atoms with Crippen LogP contribution in [0.25, 0.3) is 0 Å². The fraction of sp³-hybridized carbons (Fsp3) is 0.375. The zero-order valence-electron chi connectivity index (χ0n) is 6.64. The van der Waals surface area contributed by atoms with Gasteiger partial charge in [-0.3, -0.25) is 0 Å². The van der Waals surface area contributed by atoms with Crippen LogP contribution < -0.4 is 0 Å². The number of nitrogens with one attached hydrogen (secondary N) is 1. The smallest absolute Gasteiger partial charge is 0.0853 e. The maximum Gasteiger partial charge on any atom is 0.0853 e. The minimum absolute atomic E-state index is 0.922. The summed E-state index contributed by atoms with van der Waals surface area (Å²) in [6, 6.07) is 0.